The van der Waals surface area contributed by atoms with Crippen molar-refractivity contribution in [1.82, 2.24) is 16.0 Å². The number of carbonyl (C=O) groups excluding carboxylic acids is 5. The first-order valence-corrected chi connectivity index (χ1v) is 18.4. The van der Waals surface area contributed by atoms with Crippen LogP contribution in [0.3, 0.4) is 0 Å². The van der Waals surface area contributed by atoms with Crippen LogP contribution in [0.1, 0.15) is 94.7 Å². The second-order valence-corrected chi connectivity index (χ2v) is 15.3. The molecule has 1 aliphatic heterocycles. The summed E-state index contributed by atoms with van der Waals surface area (Å²) in [4.78, 5) is 66.1. The van der Waals surface area contributed by atoms with Gasteiger partial charge in [0, 0.05) is 18.9 Å². The van der Waals surface area contributed by atoms with Crippen molar-refractivity contribution in [2.24, 2.45) is 11.7 Å². The molecular formula is C42H52N4O6. The van der Waals surface area contributed by atoms with E-state index >= 15 is 0 Å². The van der Waals surface area contributed by atoms with Crippen molar-refractivity contribution >= 4 is 40.4 Å². The first kappa shape index (κ1) is 38.2. The lowest BCUT2D eigenvalue weighted by molar-refractivity contribution is -0.154. The van der Waals surface area contributed by atoms with Gasteiger partial charge in [0.2, 0.25) is 23.6 Å². The number of nitrogens with one attached hydrogen (secondary N) is 3. The van der Waals surface area contributed by atoms with Crippen molar-refractivity contribution in [1.29, 1.82) is 0 Å². The molecule has 4 amide bonds. The van der Waals surface area contributed by atoms with Gasteiger partial charge in [0.1, 0.15) is 17.2 Å². The van der Waals surface area contributed by atoms with Gasteiger partial charge >= 0.3 is 5.97 Å². The number of nitrogens with two attached hydrogens (primary N) is 1. The van der Waals surface area contributed by atoms with Crippen LogP contribution in [0.5, 0.6) is 0 Å². The van der Waals surface area contributed by atoms with Crippen molar-refractivity contribution in [2.75, 3.05) is 6.54 Å². The minimum atomic E-state index is -1.21. The molecule has 3 atom stereocenters. The van der Waals surface area contributed by atoms with E-state index in [1.807, 2.05) is 69.3 Å². The molecule has 52 heavy (non-hydrogen) atoms. The average Bonchev–Trinajstić information content (AvgIpc) is 3.09. The number of benzene rings is 3. The molecule has 0 aromatic heterocycles. The van der Waals surface area contributed by atoms with Crippen LogP contribution in [0.2, 0.25) is 0 Å². The highest BCUT2D eigenvalue weighted by Gasteiger charge is 2.42. The van der Waals surface area contributed by atoms with Gasteiger partial charge in [0.05, 0.1) is 12.8 Å². The number of hydrogen-bond acceptors (Lipinski definition) is 6. The maximum atomic E-state index is 14.0. The van der Waals surface area contributed by atoms with Crippen molar-refractivity contribution in [3.63, 3.8) is 0 Å². The summed E-state index contributed by atoms with van der Waals surface area (Å²) in [6.07, 6.45) is 8.44. The van der Waals surface area contributed by atoms with Crippen molar-refractivity contribution in [2.45, 2.75) is 108 Å². The number of carbonyl (C=O) groups is 5. The molecule has 0 saturated heterocycles. The standard InChI is InChI=1S/C42H52N4O6/c1-41(2,3)52-38(49)24-28-17-19-30(20-18-28)32-14-9-11-29(23-33-15-10-13-31-12-5-6-16-34(31)33)27-44-39(50)35(26-36(43)47)45-40(51)42(46-37(48)25-32)21-7-4-8-22-42/h5-6,9-10,12-20,29,32,35H,4,7-8,11,21-27H2,1-3H3,(H2,43,47)(H,44,50)(H,45,51)(H,46,48)/b14-9-/t29-,32-,35-/m0/s1. The molecule has 10 nitrogen and oxygen atoms in total. The predicted octanol–water partition coefficient (Wildman–Crippen LogP) is 5.31. The van der Waals surface area contributed by atoms with E-state index in [0.717, 1.165) is 46.7 Å². The summed E-state index contributed by atoms with van der Waals surface area (Å²) in [5.41, 5.74) is 6.59. The highest BCUT2D eigenvalue weighted by atomic mass is 16.6. The fourth-order valence-corrected chi connectivity index (χ4v) is 7.34. The lowest BCUT2D eigenvalue weighted by Gasteiger charge is -2.38. The molecule has 0 unspecified atom stereocenters. The Morgan fingerprint density at radius 1 is 0.923 bits per heavy atom. The molecule has 2 aliphatic rings. The summed E-state index contributed by atoms with van der Waals surface area (Å²) < 4.78 is 5.50. The highest BCUT2D eigenvalue weighted by Crippen LogP contribution is 2.31. The van der Waals surface area contributed by atoms with Gasteiger partial charge in [-0.05, 0) is 79.8 Å². The fraction of sp³-hybridized carbons (Fsp3) is 0.452. The van der Waals surface area contributed by atoms with Gasteiger partial charge in [-0.15, -0.1) is 0 Å². The summed E-state index contributed by atoms with van der Waals surface area (Å²) >= 11 is 0. The molecule has 0 radical (unpaired) electrons. The van der Waals surface area contributed by atoms with Gasteiger partial charge < -0.3 is 26.4 Å². The Morgan fingerprint density at radius 3 is 2.35 bits per heavy atom. The van der Waals surface area contributed by atoms with E-state index in [2.05, 4.69) is 46.3 Å². The predicted molar refractivity (Wildman–Crippen MR) is 201 cm³/mol. The van der Waals surface area contributed by atoms with Crippen LogP contribution < -0.4 is 21.7 Å². The van der Waals surface area contributed by atoms with Crippen LogP contribution in [0.4, 0.5) is 0 Å². The molecule has 1 aliphatic carbocycles. The Morgan fingerprint density at radius 2 is 1.63 bits per heavy atom. The summed E-state index contributed by atoms with van der Waals surface area (Å²) in [6.45, 7) is 5.80. The van der Waals surface area contributed by atoms with Crippen molar-refractivity contribution in [3.05, 3.63) is 95.6 Å². The number of allylic oxidation sites excluding steroid dienone is 2. The minimum absolute atomic E-state index is 0.0450. The second-order valence-electron chi connectivity index (χ2n) is 15.3. The van der Waals surface area contributed by atoms with E-state index in [1.165, 1.54) is 0 Å². The molecule has 5 rings (SSSR count). The molecule has 5 N–H and O–H groups in total. The van der Waals surface area contributed by atoms with Gasteiger partial charge in [-0.25, -0.2) is 0 Å². The third-order valence-electron chi connectivity index (χ3n) is 9.92. The Balaban J connectivity index is 1.46. The zero-order valence-corrected chi connectivity index (χ0v) is 30.5. The summed E-state index contributed by atoms with van der Waals surface area (Å²) in [5, 5.41) is 11.1. The van der Waals surface area contributed by atoms with Gasteiger partial charge in [-0.1, -0.05) is 98.1 Å². The third kappa shape index (κ3) is 10.5. The van der Waals surface area contributed by atoms with Gasteiger partial charge in [-0.2, -0.15) is 0 Å². The van der Waals surface area contributed by atoms with Crippen LogP contribution >= 0.6 is 0 Å². The molecule has 1 heterocycles. The van der Waals surface area contributed by atoms with E-state index in [0.29, 0.717) is 32.2 Å². The first-order chi connectivity index (χ1) is 24.8. The van der Waals surface area contributed by atoms with E-state index in [-0.39, 0.29) is 43.0 Å². The number of esters is 1. The quantitative estimate of drug-likeness (QED) is 0.193. The lowest BCUT2D eigenvalue weighted by Crippen LogP contribution is -2.63. The largest absolute Gasteiger partial charge is 0.460 e. The summed E-state index contributed by atoms with van der Waals surface area (Å²) in [7, 11) is 0. The van der Waals surface area contributed by atoms with Crippen LogP contribution in [0.15, 0.2) is 78.9 Å². The number of rotatable bonds is 7. The molecule has 276 valence electrons. The van der Waals surface area contributed by atoms with E-state index < -0.39 is 34.9 Å². The summed E-state index contributed by atoms with van der Waals surface area (Å²) in [5.74, 6) is -2.65. The number of hydrogen-bond donors (Lipinski definition) is 4. The van der Waals surface area contributed by atoms with Crippen LogP contribution in [0, 0.1) is 5.92 Å². The molecular weight excluding hydrogens is 656 g/mol. The smallest absolute Gasteiger partial charge is 0.310 e. The van der Waals surface area contributed by atoms with E-state index in [4.69, 9.17) is 10.5 Å². The van der Waals surface area contributed by atoms with E-state index in [1.54, 1.807) is 0 Å². The zero-order valence-electron chi connectivity index (χ0n) is 30.5. The third-order valence-corrected chi connectivity index (χ3v) is 9.92. The monoisotopic (exact) mass is 708 g/mol. The molecule has 1 fully saturated rings. The topological polar surface area (TPSA) is 157 Å². The Kier molecular flexibility index (Phi) is 12.5. The lowest BCUT2D eigenvalue weighted by atomic mass is 9.80. The van der Waals surface area contributed by atoms with Crippen LogP contribution in [0.25, 0.3) is 10.8 Å². The fourth-order valence-electron chi connectivity index (χ4n) is 7.34. The molecule has 0 bridgehead atoms. The number of amides is 4. The number of fused-ring (bicyclic) bond motifs is 1. The Hall–Kier alpha value is -4.99. The molecule has 3 aromatic carbocycles. The van der Waals surface area contributed by atoms with Crippen molar-refractivity contribution in [3.8, 4) is 0 Å². The number of primary amides is 1. The number of ether oxygens (including phenoxy) is 1. The first-order valence-electron chi connectivity index (χ1n) is 18.4. The SMILES string of the molecule is CC(C)(C)OC(=O)Cc1ccc([C@H]2/C=C\C[C@@H](Cc3cccc4ccccc34)CNC(=O)[C@H](CC(N)=O)NC(=O)C3(CCCCC3)NC(=O)C2)cc1. The Bertz CT molecular complexity index is 1780. The molecule has 1 saturated carbocycles. The molecule has 1 spiro atoms. The van der Waals surface area contributed by atoms with Gasteiger partial charge in [0.25, 0.3) is 0 Å². The van der Waals surface area contributed by atoms with Gasteiger partial charge in [0.15, 0.2) is 0 Å². The minimum Gasteiger partial charge on any atom is -0.460 e. The maximum Gasteiger partial charge on any atom is 0.310 e. The maximum absolute atomic E-state index is 14.0. The highest BCUT2D eigenvalue weighted by molar-refractivity contribution is 5.96. The Labute approximate surface area is 306 Å². The second kappa shape index (κ2) is 17.0. The normalized spacial score (nSPS) is 22.3. The van der Waals surface area contributed by atoms with Gasteiger partial charge in [-0.3, -0.25) is 24.0 Å². The van der Waals surface area contributed by atoms with Crippen LogP contribution in [-0.4, -0.2) is 53.3 Å². The van der Waals surface area contributed by atoms with E-state index in [9.17, 15) is 24.0 Å². The molecule has 10 heteroatoms. The molecule has 3 aromatic rings. The summed E-state index contributed by atoms with van der Waals surface area (Å²) in [6, 6.07) is 20.8. The van der Waals surface area contributed by atoms with Crippen molar-refractivity contribution < 1.29 is 28.7 Å². The van der Waals surface area contributed by atoms with Crippen LogP contribution in [-0.2, 0) is 41.6 Å². The zero-order chi connectivity index (χ0) is 37.3. The average molecular weight is 709 g/mol.